The van der Waals surface area contributed by atoms with Crippen LogP contribution in [0, 0.1) is 5.92 Å². The number of imidazole rings is 1. The summed E-state index contributed by atoms with van der Waals surface area (Å²) in [6.07, 6.45) is 4.44. The second kappa shape index (κ2) is 6.70. The van der Waals surface area contributed by atoms with E-state index in [2.05, 4.69) is 15.3 Å². The van der Waals surface area contributed by atoms with Crippen LogP contribution in [0.5, 0.6) is 0 Å². The molecule has 4 rings (SSSR count). The normalized spacial score (nSPS) is 22.7. The Hall–Kier alpha value is -2.63. The fourth-order valence-corrected chi connectivity index (χ4v) is 3.77. The number of fused-ring (bicyclic) bond motifs is 1. The minimum atomic E-state index is -0.0909. The fraction of sp³-hybridized carbons (Fsp3) is 0.421. The number of carbonyl (C=O) groups is 2. The highest BCUT2D eigenvalue weighted by Gasteiger charge is 2.33. The molecule has 1 aromatic heterocycles. The number of aromatic nitrogens is 2. The zero-order chi connectivity index (χ0) is 17.2. The molecule has 1 aromatic carbocycles. The molecular weight excluding hydrogens is 316 g/mol. The van der Waals surface area contributed by atoms with E-state index < -0.39 is 0 Å². The van der Waals surface area contributed by atoms with Gasteiger partial charge in [0.2, 0.25) is 11.8 Å². The lowest BCUT2D eigenvalue weighted by Gasteiger charge is -2.23. The van der Waals surface area contributed by atoms with E-state index in [9.17, 15) is 9.59 Å². The van der Waals surface area contributed by atoms with E-state index in [1.807, 2.05) is 35.2 Å². The maximum absolute atomic E-state index is 12.6. The molecule has 6 heteroatoms. The van der Waals surface area contributed by atoms with Gasteiger partial charge in [-0.15, -0.1) is 0 Å². The Morgan fingerprint density at radius 2 is 2.12 bits per heavy atom. The van der Waals surface area contributed by atoms with Crippen molar-refractivity contribution >= 4 is 11.8 Å². The van der Waals surface area contributed by atoms with Gasteiger partial charge in [0.15, 0.2) is 0 Å². The van der Waals surface area contributed by atoms with Crippen molar-refractivity contribution in [2.24, 2.45) is 5.92 Å². The fourth-order valence-electron chi connectivity index (χ4n) is 3.77. The molecule has 25 heavy (non-hydrogen) atoms. The van der Waals surface area contributed by atoms with Gasteiger partial charge in [-0.3, -0.25) is 9.59 Å². The van der Waals surface area contributed by atoms with Crippen LogP contribution in [0.4, 0.5) is 0 Å². The van der Waals surface area contributed by atoms with Crippen LogP contribution in [0.1, 0.15) is 29.8 Å². The third-order valence-electron chi connectivity index (χ3n) is 5.14. The molecule has 2 aromatic rings. The molecule has 1 saturated heterocycles. The molecule has 2 N–H and O–H groups in total. The van der Waals surface area contributed by atoms with Crippen LogP contribution in [-0.4, -0.2) is 39.3 Å². The van der Waals surface area contributed by atoms with Crippen LogP contribution in [0.2, 0.25) is 0 Å². The molecule has 1 aliphatic heterocycles. The monoisotopic (exact) mass is 338 g/mol. The summed E-state index contributed by atoms with van der Waals surface area (Å²) in [4.78, 5) is 34.0. The van der Waals surface area contributed by atoms with Gasteiger partial charge in [0.25, 0.3) is 0 Å². The van der Waals surface area contributed by atoms with Crippen molar-refractivity contribution in [2.45, 2.75) is 38.3 Å². The first-order valence-corrected chi connectivity index (χ1v) is 8.82. The summed E-state index contributed by atoms with van der Waals surface area (Å²) in [6, 6.07) is 9.86. The lowest BCUT2D eigenvalue weighted by atomic mass is 9.89. The number of benzene rings is 1. The maximum Gasteiger partial charge on any atom is 0.225 e. The van der Waals surface area contributed by atoms with Crippen molar-refractivity contribution in [1.29, 1.82) is 0 Å². The molecule has 2 atom stereocenters. The molecule has 0 spiro atoms. The Morgan fingerprint density at radius 3 is 2.96 bits per heavy atom. The van der Waals surface area contributed by atoms with Crippen molar-refractivity contribution in [2.75, 3.05) is 6.54 Å². The lowest BCUT2D eigenvalue weighted by Crippen LogP contribution is -2.42. The number of rotatable bonds is 4. The van der Waals surface area contributed by atoms with Gasteiger partial charge in [0, 0.05) is 37.5 Å². The van der Waals surface area contributed by atoms with Crippen molar-refractivity contribution in [3.8, 4) is 0 Å². The number of nitrogens with zero attached hydrogens (tertiary/aromatic N) is 2. The van der Waals surface area contributed by atoms with E-state index >= 15 is 0 Å². The molecule has 130 valence electrons. The Morgan fingerprint density at radius 1 is 1.28 bits per heavy atom. The van der Waals surface area contributed by atoms with Gasteiger partial charge in [-0.1, -0.05) is 30.3 Å². The molecule has 1 fully saturated rings. The SMILES string of the molecule is O=C(N[C@@H]1CC(=O)N(Cc2ccccc2)C1)[C@H]1CCc2nc[nH]c2C1. The lowest BCUT2D eigenvalue weighted by molar-refractivity contribution is -0.128. The summed E-state index contributed by atoms with van der Waals surface area (Å²) in [5, 5.41) is 3.08. The third kappa shape index (κ3) is 3.43. The number of amides is 2. The van der Waals surface area contributed by atoms with Gasteiger partial charge in [-0.05, 0) is 18.4 Å². The van der Waals surface area contributed by atoms with Gasteiger partial charge in [0.1, 0.15) is 0 Å². The number of aromatic amines is 1. The van der Waals surface area contributed by atoms with Gasteiger partial charge < -0.3 is 15.2 Å². The maximum atomic E-state index is 12.6. The number of carbonyl (C=O) groups excluding carboxylic acids is 2. The number of hydrogen-bond donors (Lipinski definition) is 2. The number of H-pyrrole nitrogens is 1. The third-order valence-corrected chi connectivity index (χ3v) is 5.14. The predicted molar refractivity (Wildman–Crippen MR) is 92.5 cm³/mol. The first-order valence-electron chi connectivity index (χ1n) is 8.82. The zero-order valence-corrected chi connectivity index (χ0v) is 14.1. The standard InChI is InChI=1S/C19H22N4O2/c24-18-9-15(11-23(18)10-13-4-2-1-3-5-13)22-19(25)14-6-7-16-17(8-14)21-12-20-16/h1-5,12,14-15H,6-11H2,(H,20,21)(H,22,25)/t14-,15+/m0/s1. The topological polar surface area (TPSA) is 78.1 Å². The molecular formula is C19H22N4O2. The Labute approximate surface area is 146 Å². The van der Waals surface area contributed by atoms with Crippen molar-refractivity contribution in [3.63, 3.8) is 0 Å². The van der Waals surface area contributed by atoms with Crippen LogP contribution < -0.4 is 5.32 Å². The molecule has 2 heterocycles. The van der Waals surface area contributed by atoms with Gasteiger partial charge in [-0.2, -0.15) is 0 Å². The van der Waals surface area contributed by atoms with Crippen LogP contribution >= 0.6 is 0 Å². The highest BCUT2D eigenvalue weighted by atomic mass is 16.2. The summed E-state index contributed by atoms with van der Waals surface area (Å²) in [7, 11) is 0. The molecule has 1 aliphatic carbocycles. The second-order valence-corrected chi connectivity index (χ2v) is 6.94. The predicted octanol–water partition coefficient (Wildman–Crippen LogP) is 1.43. The van der Waals surface area contributed by atoms with E-state index in [0.29, 0.717) is 25.9 Å². The van der Waals surface area contributed by atoms with Crippen LogP contribution in [0.15, 0.2) is 36.7 Å². The van der Waals surface area contributed by atoms with Gasteiger partial charge in [-0.25, -0.2) is 4.98 Å². The zero-order valence-electron chi connectivity index (χ0n) is 14.1. The summed E-state index contributed by atoms with van der Waals surface area (Å²) >= 11 is 0. The summed E-state index contributed by atoms with van der Waals surface area (Å²) in [5.41, 5.74) is 3.26. The molecule has 6 nitrogen and oxygen atoms in total. The van der Waals surface area contributed by atoms with Crippen molar-refractivity contribution in [1.82, 2.24) is 20.2 Å². The van der Waals surface area contributed by atoms with E-state index in [-0.39, 0.29) is 23.8 Å². The molecule has 0 unspecified atom stereocenters. The van der Waals surface area contributed by atoms with Gasteiger partial charge >= 0.3 is 0 Å². The number of aryl methyl sites for hydroxylation is 1. The Bertz CT molecular complexity index is 771. The minimum absolute atomic E-state index is 0.0359. The minimum Gasteiger partial charge on any atom is -0.351 e. The van der Waals surface area contributed by atoms with Crippen LogP contribution in [0.3, 0.4) is 0 Å². The van der Waals surface area contributed by atoms with E-state index in [1.165, 1.54) is 0 Å². The van der Waals surface area contributed by atoms with Crippen LogP contribution in [-0.2, 0) is 29.0 Å². The quantitative estimate of drug-likeness (QED) is 0.885. The van der Waals surface area contributed by atoms with Crippen molar-refractivity contribution < 1.29 is 9.59 Å². The second-order valence-electron chi connectivity index (χ2n) is 6.94. The highest BCUT2D eigenvalue weighted by Crippen LogP contribution is 2.24. The Balaban J connectivity index is 1.33. The number of nitrogens with one attached hydrogen (secondary N) is 2. The van der Waals surface area contributed by atoms with E-state index in [0.717, 1.165) is 29.8 Å². The molecule has 0 bridgehead atoms. The molecule has 0 saturated carbocycles. The Kier molecular flexibility index (Phi) is 4.26. The summed E-state index contributed by atoms with van der Waals surface area (Å²) in [6.45, 7) is 1.19. The average molecular weight is 338 g/mol. The smallest absolute Gasteiger partial charge is 0.225 e. The molecule has 2 aliphatic rings. The first-order chi connectivity index (χ1) is 12.2. The highest BCUT2D eigenvalue weighted by molar-refractivity contribution is 5.83. The average Bonchev–Trinajstić information content (AvgIpc) is 3.22. The van der Waals surface area contributed by atoms with Crippen LogP contribution in [0.25, 0.3) is 0 Å². The summed E-state index contributed by atoms with van der Waals surface area (Å²) in [5.74, 6) is 0.125. The van der Waals surface area contributed by atoms with Crippen molar-refractivity contribution in [3.05, 3.63) is 53.6 Å². The van der Waals surface area contributed by atoms with E-state index in [4.69, 9.17) is 0 Å². The van der Waals surface area contributed by atoms with E-state index in [1.54, 1.807) is 6.33 Å². The van der Waals surface area contributed by atoms with Gasteiger partial charge in [0.05, 0.1) is 18.1 Å². The largest absolute Gasteiger partial charge is 0.351 e. The summed E-state index contributed by atoms with van der Waals surface area (Å²) < 4.78 is 0. The number of hydrogen-bond acceptors (Lipinski definition) is 3. The number of likely N-dealkylation sites (tertiary alicyclic amines) is 1. The molecule has 0 radical (unpaired) electrons. The molecule has 2 amide bonds. The first kappa shape index (κ1) is 15.9.